The molecule has 3 heteroatoms. The summed E-state index contributed by atoms with van der Waals surface area (Å²) in [5.74, 6) is -0.0767. The zero-order valence-corrected chi connectivity index (χ0v) is 10.2. The summed E-state index contributed by atoms with van der Waals surface area (Å²) in [5.41, 5.74) is 7.31. The van der Waals surface area contributed by atoms with E-state index in [-0.39, 0.29) is 11.4 Å². The third-order valence-corrected chi connectivity index (χ3v) is 4.57. The first-order valence-corrected chi connectivity index (χ1v) is 6.47. The number of nitrogens with two attached hydrogens (primary N) is 1. The van der Waals surface area contributed by atoms with Gasteiger partial charge in [0.15, 0.2) is 0 Å². The Kier molecular flexibility index (Phi) is 2.49. The van der Waals surface area contributed by atoms with Gasteiger partial charge in [0.05, 0.1) is 5.54 Å². The van der Waals surface area contributed by atoms with Gasteiger partial charge in [-0.1, -0.05) is 19.1 Å². The minimum Gasteiger partial charge on any atom is -0.326 e. The molecular formula is C14H19FN2. The van der Waals surface area contributed by atoms with E-state index in [1.54, 1.807) is 6.07 Å². The second kappa shape index (κ2) is 3.79. The Labute approximate surface area is 102 Å². The molecule has 1 aromatic rings. The second-order valence-corrected chi connectivity index (χ2v) is 5.26. The third-order valence-electron chi connectivity index (χ3n) is 4.57. The van der Waals surface area contributed by atoms with E-state index in [2.05, 4.69) is 11.8 Å². The summed E-state index contributed by atoms with van der Waals surface area (Å²) in [4.78, 5) is 2.45. The number of halogens is 1. The van der Waals surface area contributed by atoms with Gasteiger partial charge in [0.1, 0.15) is 5.82 Å². The molecular weight excluding hydrogens is 215 g/mol. The summed E-state index contributed by atoms with van der Waals surface area (Å²) in [5, 5.41) is 0. The molecule has 92 valence electrons. The molecule has 17 heavy (non-hydrogen) atoms. The van der Waals surface area contributed by atoms with Crippen LogP contribution in [0.3, 0.4) is 0 Å². The minimum atomic E-state index is -0.0767. The molecule has 1 aromatic carbocycles. The standard InChI is InChI=1S/C14H19FN2/c1-2-11-8-14(5-6-17(11)14)12-4-3-10(9-16)7-13(12)15/h3-4,7,11H,2,5-6,8-9,16H2,1H3. The van der Waals surface area contributed by atoms with Crippen LogP contribution in [0.2, 0.25) is 0 Å². The maximum atomic E-state index is 14.1. The van der Waals surface area contributed by atoms with Crippen LogP contribution in [0.25, 0.3) is 0 Å². The van der Waals surface area contributed by atoms with Gasteiger partial charge in [0, 0.05) is 24.7 Å². The van der Waals surface area contributed by atoms with E-state index in [0.717, 1.165) is 30.5 Å². The van der Waals surface area contributed by atoms with Crippen molar-refractivity contribution in [2.75, 3.05) is 6.54 Å². The number of piperidine rings is 1. The number of hydrogen-bond donors (Lipinski definition) is 1. The quantitative estimate of drug-likeness (QED) is 0.870. The van der Waals surface area contributed by atoms with Crippen LogP contribution >= 0.6 is 0 Å². The van der Waals surface area contributed by atoms with E-state index in [1.807, 2.05) is 12.1 Å². The minimum absolute atomic E-state index is 0.0257. The number of fused-ring (bicyclic) bond motifs is 1. The molecule has 0 radical (unpaired) electrons. The van der Waals surface area contributed by atoms with Crippen LogP contribution < -0.4 is 5.73 Å². The predicted molar refractivity (Wildman–Crippen MR) is 66.0 cm³/mol. The van der Waals surface area contributed by atoms with Crippen LogP contribution in [0.1, 0.15) is 37.3 Å². The zero-order chi connectivity index (χ0) is 12.0. The van der Waals surface area contributed by atoms with Crippen molar-refractivity contribution in [1.29, 1.82) is 0 Å². The summed E-state index contributed by atoms with van der Waals surface area (Å²) in [6.45, 7) is 3.74. The van der Waals surface area contributed by atoms with Crippen LogP contribution in [0.5, 0.6) is 0 Å². The first-order chi connectivity index (χ1) is 8.21. The van der Waals surface area contributed by atoms with E-state index in [9.17, 15) is 4.39 Å². The van der Waals surface area contributed by atoms with Crippen molar-refractivity contribution in [3.05, 3.63) is 35.1 Å². The zero-order valence-electron chi connectivity index (χ0n) is 10.2. The van der Waals surface area contributed by atoms with Crippen LogP contribution in [0.4, 0.5) is 4.39 Å². The first kappa shape index (κ1) is 11.2. The highest BCUT2D eigenvalue weighted by atomic mass is 19.1. The van der Waals surface area contributed by atoms with Gasteiger partial charge in [-0.05, 0) is 30.9 Å². The Morgan fingerprint density at radius 2 is 2.35 bits per heavy atom. The van der Waals surface area contributed by atoms with Crippen molar-refractivity contribution in [3.63, 3.8) is 0 Å². The average molecular weight is 234 g/mol. The van der Waals surface area contributed by atoms with Gasteiger partial charge in [-0.2, -0.15) is 0 Å². The van der Waals surface area contributed by atoms with Crippen LogP contribution in [0, 0.1) is 5.82 Å². The first-order valence-electron chi connectivity index (χ1n) is 6.47. The van der Waals surface area contributed by atoms with Crippen molar-refractivity contribution in [3.8, 4) is 0 Å². The SMILES string of the molecule is CCC1CC2(c3ccc(CN)cc3F)CCN12. The van der Waals surface area contributed by atoms with Gasteiger partial charge in [0.2, 0.25) is 0 Å². The lowest BCUT2D eigenvalue weighted by molar-refractivity contribution is -0.164. The fourth-order valence-corrected chi connectivity index (χ4v) is 3.48. The molecule has 2 heterocycles. The van der Waals surface area contributed by atoms with E-state index >= 15 is 0 Å². The van der Waals surface area contributed by atoms with Gasteiger partial charge in [0.25, 0.3) is 0 Å². The van der Waals surface area contributed by atoms with Crippen molar-refractivity contribution >= 4 is 0 Å². The number of hydrogen-bond acceptors (Lipinski definition) is 2. The van der Waals surface area contributed by atoms with Crippen molar-refractivity contribution in [1.82, 2.24) is 4.90 Å². The molecule has 2 aliphatic rings. The summed E-state index contributed by atoms with van der Waals surface area (Å²) in [6.07, 6.45) is 3.38. The molecule has 2 fully saturated rings. The second-order valence-electron chi connectivity index (χ2n) is 5.26. The Morgan fingerprint density at radius 3 is 2.82 bits per heavy atom. The highest BCUT2D eigenvalue weighted by Crippen LogP contribution is 2.55. The largest absolute Gasteiger partial charge is 0.326 e. The number of nitrogens with zero attached hydrogens (tertiary/aromatic N) is 1. The fourth-order valence-electron chi connectivity index (χ4n) is 3.48. The molecule has 0 bridgehead atoms. The Bertz CT molecular complexity index is 446. The molecule has 0 amide bonds. The highest BCUT2D eigenvalue weighted by molar-refractivity contribution is 5.36. The third kappa shape index (κ3) is 1.39. The monoisotopic (exact) mass is 234 g/mol. The molecule has 0 aliphatic carbocycles. The molecule has 3 rings (SSSR count). The topological polar surface area (TPSA) is 29.3 Å². The van der Waals surface area contributed by atoms with E-state index in [0.29, 0.717) is 12.6 Å². The van der Waals surface area contributed by atoms with Gasteiger partial charge in [-0.25, -0.2) is 4.39 Å². The van der Waals surface area contributed by atoms with Crippen LogP contribution in [-0.2, 0) is 12.1 Å². The Balaban J connectivity index is 1.91. The number of rotatable bonds is 3. The van der Waals surface area contributed by atoms with Crippen LogP contribution in [0.15, 0.2) is 18.2 Å². The smallest absolute Gasteiger partial charge is 0.128 e. The lowest BCUT2D eigenvalue weighted by Gasteiger charge is -2.66. The normalized spacial score (nSPS) is 31.6. The molecule has 0 spiro atoms. The van der Waals surface area contributed by atoms with E-state index in [4.69, 9.17) is 5.73 Å². The highest BCUT2D eigenvalue weighted by Gasteiger charge is 2.58. The maximum absolute atomic E-state index is 14.1. The van der Waals surface area contributed by atoms with Crippen molar-refractivity contribution < 1.29 is 4.39 Å². The van der Waals surface area contributed by atoms with Gasteiger partial charge < -0.3 is 5.73 Å². The van der Waals surface area contributed by atoms with Gasteiger partial charge >= 0.3 is 0 Å². The summed E-state index contributed by atoms with van der Waals surface area (Å²) in [7, 11) is 0. The Morgan fingerprint density at radius 1 is 1.53 bits per heavy atom. The van der Waals surface area contributed by atoms with Crippen LogP contribution in [-0.4, -0.2) is 17.5 Å². The van der Waals surface area contributed by atoms with Crippen molar-refractivity contribution in [2.45, 2.75) is 44.3 Å². The molecule has 2 N–H and O–H groups in total. The molecule has 2 unspecified atom stereocenters. The summed E-state index contributed by atoms with van der Waals surface area (Å²) < 4.78 is 14.1. The lowest BCUT2D eigenvalue weighted by Crippen LogP contribution is -2.71. The van der Waals surface area contributed by atoms with E-state index < -0.39 is 0 Å². The van der Waals surface area contributed by atoms with Gasteiger partial charge in [-0.15, -0.1) is 0 Å². The molecule has 0 aromatic heterocycles. The van der Waals surface area contributed by atoms with Gasteiger partial charge in [-0.3, -0.25) is 4.90 Å². The fraction of sp³-hybridized carbons (Fsp3) is 0.571. The average Bonchev–Trinajstić information content (AvgIpc) is 2.33. The summed E-state index contributed by atoms with van der Waals surface area (Å²) >= 11 is 0. The molecule has 2 nitrogen and oxygen atoms in total. The Hall–Kier alpha value is -0.930. The molecule has 0 saturated carbocycles. The maximum Gasteiger partial charge on any atom is 0.128 e. The lowest BCUT2D eigenvalue weighted by atomic mass is 9.64. The molecule has 2 atom stereocenters. The van der Waals surface area contributed by atoms with E-state index in [1.165, 1.54) is 6.42 Å². The number of benzene rings is 1. The molecule has 2 saturated heterocycles. The predicted octanol–water partition coefficient (Wildman–Crippen LogP) is 2.37. The molecule has 2 aliphatic heterocycles. The van der Waals surface area contributed by atoms with Crippen molar-refractivity contribution in [2.24, 2.45) is 5.73 Å². The summed E-state index contributed by atoms with van der Waals surface area (Å²) in [6, 6.07) is 6.16.